The van der Waals surface area contributed by atoms with Crippen molar-refractivity contribution >= 4 is 17.6 Å². The maximum Gasteiger partial charge on any atom is 0.340 e. The molecule has 20 heavy (non-hydrogen) atoms. The van der Waals surface area contributed by atoms with E-state index in [2.05, 4.69) is 10.6 Å². The number of rotatable bonds is 6. The number of hydrogen-bond acceptors (Lipinski definition) is 4. The van der Waals surface area contributed by atoms with Gasteiger partial charge in [0.15, 0.2) is 0 Å². The number of para-hydroxylation sites is 1. The molecule has 1 rings (SSSR count). The molecule has 0 atom stereocenters. The van der Waals surface area contributed by atoms with E-state index in [0.717, 1.165) is 0 Å². The lowest BCUT2D eigenvalue weighted by atomic mass is 10.0. The van der Waals surface area contributed by atoms with E-state index in [-0.39, 0.29) is 5.91 Å². The van der Waals surface area contributed by atoms with Gasteiger partial charge in [0, 0.05) is 0 Å². The Morgan fingerprint density at radius 2 is 1.85 bits per heavy atom. The van der Waals surface area contributed by atoms with E-state index in [4.69, 9.17) is 4.74 Å². The second-order valence-corrected chi connectivity index (χ2v) is 4.88. The van der Waals surface area contributed by atoms with Crippen LogP contribution in [0.4, 0.5) is 5.69 Å². The highest BCUT2D eigenvalue weighted by atomic mass is 16.5. The Kier molecular flexibility index (Phi) is 5.70. The Labute approximate surface area is 119 Å². The second-order valence-electron chi connectivity index (χ2n) is 4.88. The van der Waals surface area contributed by atoms with E-state index in [1.807, 2.05) is 6.92 Å². The SMILES string of the molecule is CCNC(C)(C)C(=O)Nc1ccccc1C(=O)OCC. The van der Waals surface area contributed by atoms with Crippen LogP contribution >= 0.6 is 0 Å². The van der Waals surface area contributed by atoms with Gasteiger partial charge < -0.3 is 15.4 Å². The van der Waals surface area contributed by atoms with E-state index in [9.17, 15) is 9.59 Å². The van der Waals surface area contributed by atoms with Gasteiger partial charge in [0.1, 0.15) is 0 Å². The summed E-state index contributed by atoms with van der Waals surface area (Å²) >= 11 is 0. The van der Waals surface area contributed by atoms with Crippen LogP contribution in [-0.4, -0.2) is 30.6 Å². The summed E-state index contributed by atoms with van der Waals surface area (Å²) in [6.45, 7) is 8.23. The van der Waals surface area contributed by atoms with E-state index in [1.54, 1.807) is 45.0 Å². The fourth-order valence-electron chi connectivity index (χ4n) is 1.78. The average Bonchev–Trinajstić information content (AvgIpc) is 2.39. The molecular formula is C15H22N2O3. The van der Waals surface area contributed by atoms with Crippen molar-refractivity contribution in [1.82, 2.24) is 5.32 Å². The monoisotopic (exact) mass is 278 g/mol. The lowest BCUT2D eigenvalue weighted by Crippen LogP contribution is -2.49. The summed E-state index contributed by atoms with van der Waals surface area (Å²) in [5, 5.41) is 5.86. The number of esters is 1. The van der Waals surface area contributed by atoms with Gasteiger partial charge in [-0.1, -0.05) is 19.1 Å². The summed E-state index contributed by atoms with van der Waals surface area (Å²) < 4.78 is 4.98. The number of amides is 1. The summed E-state index contributed by atoms with van der Waals surface area (Å²) in [6.07, 6.45) is 0. The van der Waals surface area contributed by atoms with Gasteiger partial charge in [-0.2, -0.15) is 0 Å². The molecule has 0 radical (unpaired) electrons. The van der Waals surface area contributed by atoms with Crippen LogP contribution in [0.5, 0.6) is 0 Å². The molecular weight excluding hydrogens is 256 g/mol. The van der Waals surface area contributed by atoms with Crippen molar-refractivity contribution in [3.8, 4) is 0 Å². The molecule has 0 aliphatic rings. The van der Waals surface area contributed by atoms with Crippen molar-refractivity contribution in [3.05, 3.63) is 29.8 Å². The van der Waals surface area contributed by atoms with Crippen LogP contribution in [0.15, 0.2) is 24.3 Å². The highest BCUT2D eigenvalue weighted by Crippen LogP contribution is 2.18. The number of nitrogens with one attached hydrogen (secondary N) is 2. The highest BCUT2D eigenvalue weighted by Gasteiger charge is 2.27. The van der Waals surface area contributed by atoms with Gasteiger partial charge in [0.05, 0.1) is 23.4 Å². The third-order valence-corrected chi connectivity index (χ3v) is 2.86. The van der Waals surface area contributed by atoms with Crippen molar-refractivity contribution in [2.75, 3.05) is 18.5 Å². The molecule has 0 heterocycles. The molecule has 0 unspecified atom stereocenters. The maximum absolute atomic E-state index is 12.2. The molecule has 0 saturated heterocycles. The molecule has 0 saturated carbocycles. The molecule has 1 aromatic rings. The van der Waals surface area contributed by atoms with E-state index >= 15 is 0 Å². The number of likely N-dealkylation sites (N-methyl/N-ethyl adjacent to an activating group) is 1. The van der Waals surface area contributed by atoms with Gasteiger partial charge in [-0.25, -0.2) is 4.79 Å². The molecule has 5 heteroatoms. The molecule has 0 aliphatic carbocycles. The Hall–Kier alpha value is -1.88. The predicted octanol–water partition coefficient (Wildman–Crippen LogP) is 2.19. The molecule has 0 aromatic heterocycles. The lowest BCUT2D eigenvalue weighted by molar-refractivity contribution is -0.121. The normalized spacial score (nSPS) is 11.0. The van der Waals surface area contributed by atoms with Gasteiger partial charge in [0.25, 0.3) is 0 Å². The Bertz CT molecular complexity index is 484. The van der Waals surface area contributed by atoms with Crippen LogP contribution in [0, 0.1) is 0 Å². The Morgan fingerprint density at radius 1 is 1.20 bits per heavy atom. The summed E-state index contributed by atoms with van der Waals surface area (Å²) in [7, 11) is 0. The Morgan fingerprint density at radius 3 is 2.45 bits per heavy atom. The minimum atomic E-state index is -0.712. The second kappa shape index (κ2) is 7.05. The van der Waals surface area contributed by atoms with Gasteiger partial charge in [-0.3, -0.25) is 4.79 Å². The molecule has 0 spiro atoms. The van der Waals surface area contributed by atoms with Crippen LogP contribution in [0.25, 0.3) is 0 Å². The summed E-state index contributed by atoms with van der Waals surface area (Å²) in [4.78, 5) is 24.1. The number of ether oxygens (including phenoxy) is 1. The minimum Gasteiger partial charge on any atom is -0.462 e. The standard InChI is InChI=1S/C15H22N2O3/c1-5-16-15(3,4)14(19)17-12-10-8-7-9-11(12)13(18)20-6-2/h7-10,16H,5-6H2,1-4H3,(H,17,19). The molecule has 2 N–H and O–H groups in total. The first-order chi connectivity index (χ1) is 9.42. The molecule has 0 bridgehead atoms. The van der Waals surface area contributed by atoms with Crippen LogP contribution in [-0.2, 0) is 9.53 Å². The molecule has 1 amide bonds. The minimum absolute atomic E-state index is 0.198. The zero-order valence-electron chi connectivity index (χ0n) is 12.4. The highest BCUT2D eigenvalue weighted by molar-refractivity contribution is 6.03. The first-order valence-corrected chi connectivity index (χ1v) is 6.75. The van der Waals surface area contributed by atoms with Crippen LogP contribution in [0.1, 0.15) is 38.1 Å². The van der Waals surface area contributed by atoms with Crippen molar-refractivity contribution in [1.29, 1.82) is 0 Å². The third kappa shape index (κ3) is 4.06. The number of carbonyl (C=O) groups excluding carboxylic acids is 2. The van der Waals surface area contributed by atoms with Crippen molar-refractivity contribution in [2.45, 2.75) is 33.2 Å². The lowest BCUT2D eigenvalue weighted by Gasteiger charge is -2.25. The van der Waals surface area contributed by atoms with E-state index < -0.39 is 11.5 Å². The largest absolute Gasteiger partial charge is 0.462 e. The van der Waals surface area contributed by atoms with E-state index in [1.165, 1.54) is 0 Å². The topological polar surface area (TPSA) is 67.4 Å². The van der Waals surface area contributed by atoms with Gasteiger partial charge in [-0.05, 0) is 39.4 Å². The van der Waals surface area contributed by atoms with Crippen LogP contribution in [0.2, 0.25) is 0 Å². The van der Waals surface area contributed by atoms with Gasteiger partial charge in [-0.15, -0.1) is 0 Å². The molecule has 0 fully saturated rings. The van der Waals surface area contributed by atoms with Crippen molar-refractivity contribution in [2.24, 2.45) is 0 Å². The smallest absolute Gasteiger partial charge is 0.340 e. The number of benzene rings is 1. The van der Waals surface area contributed by atoms with Crippen molar-refractivity contribution < 1.29 is 14.3 Å². The first kappa shape index (κ1) is 16.2. The quantitative estimate of drug-likeness (QED) is 0.783. The van der Waals surface area contributed by atoms with Gasteiger partial charge in [0.2, 0.25) is 5.91 Å². The molecule has 110 valence electrons. The first-order valence-electron chi connectivity index (χ1n) is 6.75. The van der Waals surface area contributed by atoms with Crippen LogP contribution in [0.3, 0.4) is 0 Å². The summed E-state index contributed by atoms with van der Waals surface area (Å²) in [5.41, 5.74) is 0.105. The number of hydrogen-bond donors (Lipinski definition) is 2. The third-order valence-electron chi connectivity index (χ3n) is 2.86. The van der Waals surface area contributed by atoms with Gasteiger partial charge >= 0.3 is 5.97 Å². The van der Waals surface area contributed by atoms with Crippen LogP contribution < -0.4 is 10.6 Å². The zero-order valence-corrected chi connectivity index (χ0v) is 12.4. The maximum atomic E-state index is 12.2. The molecule has 5 nitrogen and oxygen atoms in total. The Balaban J connectivity index is 2.93. The van der Waals surface area contributed by atoms with Crippen molar-refractivity contribution in [3.63, 3.8) is 0 Å². The fourth-order valence-corrected chi connectivity index (χ4v) is 1.78. The predicted molar refractivity (Wildman–Crippen MR) is 78.8 cm³/mol. The zero-order chi connectivity index (χ0) is 15.2. The number of anilines is 1. The average molecular weight is 278 g/mol. The number of carbonyl (C=O) groups is 2. The summed E-state index contributed by atoms with van der Waals surface area (Å²) in [6, 6.07) is 6.82. The van der Waals surface area contributed by atoms with E-state index in [0.29, 0.717) is 24.4 Å². The molecule has 0 aliphatic heterocycles. The molecule has 1 aromatic carbocycles. The fraction of sp³-hybridized carbons (Fsp3) is 0.467. The summed E-state index contributed by atoms with van der Waals surface area (Å²) in [5.74, 6) is -0.638.